The molecule has 0 bridgehead atoms. The van der Waals surface area contributed by atoms with Crippen molar-refractivity contribution in [2.24, 2.45) is 0 Å². The molecule has 0 saturated heterocycles. The van der Waals surface area contributed by atoms with Gasteiger partial charge in [0.2, 0.25) is 0 Å². The summed E-state index contributed by atoms with van der Waals surface area (Å²) in [6.07, 6.45) is 1.42. The highest BCUT2D eigenvalue weighted by Crippen LogP contribution is 2.28. The molecule has 0 aliphatic carbocycles. The van der Waals surface area contributed by atoms with Crippen LogP contribution in [0, 0.1) is 0 Å². The molecule has 1 aliphatic rings. The molecule has 28 heavy (non-hydrogen) atoms. The molecule has 4 heteroatoms. The number of amides is 1. The number of benzene rings is 3. The van der Waals surface area contributed by atoms with Crippen LogP contribution >= 0.6 is 0 Å². The lowest BCUT2D eigenvalue weighted by Crippen LogP contribution is -2.43. The van der Waals surface area contributed by atoms with Crippen LogP contribution in [0.1, 0.15) is 18.9 Å². The quantitative estimate of drug-likeness (QED) is 0.615. The normalized spacial score (nSPS) is 14.1. The summed E-state index contributed by atoms with van der Waals surface area (Å²) in [4.78, 5) is 14.8. The van der Waals surface area contributed by atoms with Gasteiger partial charge in [0.25, 0.3) is 5.91 Å². The van der Waals surface area contributed by atoms with Crippen molar-refractivity contribution in [1.82, 2.24) is 0 Å². The lowest BCUT2D eigenvalue weighted by Gasteiger charge is -2.31. The first-order valence-corrected chi connectivity index (χ1v) is 9.59. The highest BCUT2D eigenvalue weighted by Gasteiger charge is 2.27. The van der Waals surface area contributed by atoms with Crippen LogP contribution in [0.3, 0.4) is 0 Å². The second kappa shape index (κ2) is 8.17. The van der Waals surface area contributed by atoms with Crippen LogP contribution in [0.5, 0.6) is 17.2 Å². The van der Waals surface area contributed by atoms with Crippen molar-refractivity contribution >= 4 is 11.6 Å². The van der Waals surface area contributed by atoms with Crippen molar-refractivity contribution in [1.29, 1.82) is 0 Å². The Hall–Kier alpha value is -3.27. The maximum atomic E-state index is 12.9. The van der Waals surface area contributed by atoms with Gasteiger partial charge < -0.3 is 14.4 Å². The number of rotatable bonds is 5. The highest BCUT2D eigenvalue weighted by molar-refractivity contribution is 5.97. The number of hydrogen-bond donors (Lipinski definition) is 0. The van der Waals surface area contributed by atoms with Gasteiger partial charge in [-0.3, -0.25) is 4.79 Å². The van der Waals surface area contributed by atoms with Gasteiger partial charge in [-0.1, -0.05) is 36.4 Å². The first kappa shape index (κ1) is 18.1. The fraction of sp³-hybridized carbons (Fsp3) is 0.208. The minimum absolute atomic E-state index is 0.0169. The molecule has 1 atom stereocenters. The van der Waals surface area contributed by atoms with E-state index >= 15 is 0 Å². The zero-order valence-electron chi connectivity index (χ0n) is 15.9. The molecule has 0 saturated carbocycles. The SMILES string of the molecule is C[C@H](Oc1ccc(Oc2ccccc2)cc1)C(=O)N1CCCc2ccccc21. The Labute approximate surface area is 165 Å². The molecule has 0 radical (unpaired) electrons. The van der Waals surface area contributed by atoms with Gasteiger partial charge in [-0.25, -0.2) is 0 Å². The molecule has 3 aromatic rings. The van der Waals surface area contributed by atoms with Gasteiger partial charge >= 0.3 is 0 Å². The number of aryl methyl sites for hydroxylation is 1. The Morgan fingerprint density at radius 2 is 1.50 bits per heavy atom. The van der Waals surface area contributed by atoms with E-state index in [4.69, 9.17) is 9.47 Å². The van der Waals surface area contributed by atoms with Crippen molar-refractivity contribution in [3.05, 3.63) is 84.4 Å². The Balaban J connectivity index is 1.41. The Morgan fingerprint density at radius 1 is 0.857 bits per heavy atom. The Bertz CT molecular complexity index is 938. The average molecular weight is 373 g/mol. The number of ether oxygens (including phenoxy) is 2. The van der Waals surface area contributed by atoms with Crippen molar-refractivity contribution in [2.45, 2.75) is 25.9 Å². The molecule has 142 valence electrons. The standard InChI is InChI=1S/C24H23NO3/c1-18(24(26)25-17-7-9-19-8-5-6-12-23(19)25)27-21-13-15-22(16-14-21)28-20-10-3-2-4-11-20/h2-6,8,10-16,18H,7,9,17H2,1H3/t18-/m0/s1. The van der Waals surface area contributed by atoms with E-state index < -0.39 is 6.10 Å². The lowest BCUT2D eigenvalue weighted by atomic mass is 10.0. The summed E-state index contributed by atoms with van der Waals surface area (Å²) >= 11 is 0. The van der Waals surface area contributed by atoms with Crippen LogP contribution in [0.4, 0.5) is 5.69 Å². The first-order chi connectivity index (χ1) is 13.7. The van der Waals surface area contributed by atoms with Gasteiger partial charge in [0.05, 0.1) is 0 Å². The molecule has 3 aromatic carbocycles. The van der Waals surface area contributed by atoms with E-state index in [-0.39, 0.29) is 5.91 Å². The van der Waals surface area contributed by atoms with Gasteiger partial charge in [0.1, 0.15) is 17.2 Å². The third-order valence-electron chi connectivity index (χ3n) is 4.84. The molecule has 0 fully saturated rings. The summed E-state index contributed by atoms with van der Waals surface area (Å²) in [6.45, 7) is 2.53. The number of para-hydroxylation sites is 2. The van der Waals surface area contributed by atoms with Crippen LogP contribution < -0.4 is 14.4 Å². The smallest absolute Gasteiger partial charge is 0.267 e. The Kier molecular flexibility index (Phi) is 5.29. The summed E-state index contributed by atoms with van der Waals surface area (Å²) in [5, 5.41) is 0. The van der Waals surface area contributed by atoms with E-state index in [1.807, 2.05) is 77.7 Å². The number of hydrogen-bond acceptors (Lipinski definition) is 3. The molecular weight excluding hydrogens is 350 g/mol. The maximum Gasteiger partial charge on any atom is 0.267 e. The number of nitrogens with zero attached hydrogens (tertiary/aromatic N) is 1. The molecular formula is C24H23NO3. The Morgan fingerprint density at radius 3 is 2.29 bits per heavy atom. The van der Waals surface area contributed by atoms with Gasteiger partial charge in [-0.15, -0.1) is 0 Å². The molecule has 4 nitrogen and oxygen atoms in total. The minimum Gasteiger partial charge on any atom is -0.481 e. The predicted molar refractivity (Wildman–Crippen MR) is 110 cm³/mol. The maximum absolute atomic E-state index is 12.9. The number of carbonyl (C=O) groups is 1. The largest absolute Gasteiger partial charge is 0.481 e. The van der Waals surface area contributed by atoms with E-state index in [1.54, 1.807) is 6.92 Å². The molecule has 4 rings (SSSR count). The zero-order valence-corrected chi connectivity index (χ0v) is 15.9. The summed E-state index contributed by atoms with van der Waals surface area (Å²) in [6, 6.07) is 25.0. The predicted octanol–water partition coefficient (Wildman–Crippen LogP) is 5.23. The topological polar surface area (TPSA) is 38.8 Å². The molecule has 1 amide bonds. The number of fused-ring (bicyclic) bond motifs is 1. The number of carbonyl (C=O) groups excluding carboxylic acids is 1. The van der Waals surface area contributed by atoms with Gasteiger partial charge in [-0.05, 0) is 67.8 Å². The fourth-order valence-corrected chi connectivity index (χ4v) is 3.45. The lowest BCUT2D eigenvalue weighted by molar-refractivity contribution is -0.124. The van der Waals surface area contributed by atoms with Gasteiger partial charge in [0, 0.05) is 12.2 Å². The van der Waals surface area contributed by atoms with Crippen LogP contribution in [0.25, 0.3) is 0 Å². The van der Waals surface area contributed by atoms with Gasteiger partial charge in [0.15, 0.2) is 6.10 Å². The summed E-state index contributed by atoms with van der Waals surface area (Å²) < 4.78 is 11.7. The highest BCUT2D eigenvalue weighted by atomic mass is 16.5. The first-order valence-electron chi connectivity index (χ1n) is 9.59. The zero-order chi connectivity index (χ0) is 19.3. The van der Waals surface area contributed by atoms with Crippen molar-refractivity contribution in [2.75, 3.05) is 11.4 Å². The van der Waals surface area contributed by atoms with E-state index in [1.165, 1.54) is 5.56 Å². The number of anilines is 1. The summed E-state index contributed by atoms with van der Waals surface area (Å²) in [5.74, 6) is 2.13. The molecule has 0 spiro atoms. The second-order valence-electron chi connectivity index (χ2n) is 6.87. The summed E-state index contributed by atoms with van der Waals surface area (Å²) in [7, 11) is 0. The van der Waals surface area contributed by atoms with Crippen molar-refractivity contribution < 1.29 is 14.3 Å². The van der Waals surface area contributed by atoms with Crippen LogP contribution in [-0.2, 0) is 11.2 Å². The molecule has 0 unspecified atom stereocenters. The summed E-state index contributed by atoms with van der Waals surface area (Å²) in [5.41, 5.74) is 2.22. The molecule has 1 aliphatic heterocycles. The minimum atomic E-state index is -0.563. The molecule has 0 N–H and O–H groups in total. The van der Waals surface area contributed by atoms with Gasteiger partial charge in [-0.2, -0.15) is 0 Å². The fourth-order valence-electron chi connectivity index (χ4n) is 3.45. The van der Waals surface area contributed by atoms with Crippen LogP contribution in [0.2, 0.25) is 0 Å². The van der Waals surface area contributed by atoms with Crippen LogP contribution in [0.15, 0.2) is 78.9 Å². The van der Waals surface area contributed by atoms with E-state index in [9.17, 15) is 4.79 Å². The third kappa shape index (κ3) is 4.01. The van der Waals surface area contributed by atoms with E-state index in [2.05, 4.69) is 6.07 Å². The average Bonchev–Trinajstić information content (AvgIpc) is 2.75. The van der Waals surface area contributed by atoms with Crippen molar-refractivity contribution in [3.63, 3.8) is 0 Å². The van der Waals surface area contributed by atoms with Crippen molar-refractivity contribution in [3.8, 4) is 17.2 Å². The van der Waals surface area contributed by atoms with E-state index in [0.29, 0.717) is 5.75 Å². The molecule has 0 aromatic heterocycles. The molecule has 1 heterocycles. The van der Waals surface area contributed by atoms with Crippen LogP contribution in [-0.4, -0.2) is 18.6 Å². The van der Waals surface area contributed by atoms with E-state index in [0.717, 1.165) is 36.6 Å². The third-order valence-corrected chi connectivity index (χ3v) is 4.84. The second-order valence-corrected chi connectivity index (χ2v) is 6.87. The monoisotopic (exact) mass is 373 g/mol.